The normalized spacial score (nSPS) is 9.60. The highest BCUT2D eigenvalue weighted by Crippen LogP contribution is 2.10. The van der Waals surface area contributed by atoms with Crippen molar-refractivity contribution in [1.29, 1.82) is 5.26 Å². The van der Waals surface area contributed by atoms with Crippen LogP contribution in [0.3, 0.4) is 0 Å². The summed E-state index contributed by atoms with van der Waals surface area (Å²) in [6.07, 6.45) is 2.99. The Morgan fingerprint density at radius 2 is 2.05 bits per heavy atom. The second kappa shape index (κ2) is 8.70. The Morgan fingerprint density at radius 1 is 1.25 bits per heavy atom. The lowest BCUT2D eigenvalue weighted by Gasteiger charge is -2.05. The van der Waals surface area contributed by atoms with Gasteiger partial charge in [0.1, 0.15) is 0 Å². The zero-order valence-corrected chi connectivity index (χ0v) is 11.6. The fraction of sp³-hybridized carbons (Fsp3) is 0.400. The van der Waals surface area contributed by atoms with Crippen LogP contribution in [0.15, 0.2) is 24.3 Å². The van der Waals surface area contributed by atoms with Crippen LogP contribution in [0.25, 0.3) is 0 Å². The zero-order valence-electron chi connectivity index (χ0n) is 11.6. The lowest BCUT2D eigenvalue weighted by molar-refractivity contribution is -0.119. The molecule has 2 amide bonds. The first-order chi connectivity index (χ1) is 9.61. The third-order valence-electron chi connectivity index (χ3n) is 2.73. The van der Waals surface area contributed by atoms with Crippen LogP contribution in [0.1, 0.15) is 38.2 Å². The molecule has 5 nitrogen and oxygen atoms in total. The first-order valence-corrected chi connectivity index (χ1v) is 6.66. The van der Waals surface area contributed by atoms with Crippen molar-refractivity contribution in [3.8, 4) is 6.07 Å². The quantitative estimate of drug-likeness (QED) is 0.747. The van der Waals surface area contributed by atoms with Gasteiger partial charge in [-0.3, -0.25) is 9.59 Å². The Kier molecular flexibility index (Phi) is 6.83. The Bertz CT molecular complexity index is 506. The first kappa shape index (κ1) is 15.7. The van der Waals surface area contributed by atoms with Crippen LogP contribution in [0.5, 0.6) is 0 Å². The molecule has 0 aliphatic heterocycles. The maximum absolute atomic E-state index is 11.7. The number of amides is 2. The van der Waals surface area contributed by atoms with Gasteiger partial charge < -0.3 is 10.6 Å². The van der Waals surface area contributed by atoms with E-state index in [-0.39, 0.29) is 11.8 Å². The van der Waals surface area contributed by atoms with Gasteiger partial charge in [0.05, 0.1) is 11.6 Å². The molecule has 0 radical (unpaired) electrons. The number of carbonyl (C=O) groups excluding carboxylic acids is 2. The van der Waals surface area contributed by atoms with Crippen LogP contribution >= 0.6 is 0 Å². The summed E-state index contributed by atoms with van der Waals surface area (Å²) < 4.78 is 0. The number of nitrogens with one attached hydrogen (secondary N) is 2. The molecule has 2 N–H and O–H groups in total. The van der Waals surface area contributed by atoms with E-state index in [0.717, 1.165) is 19.3 Å². The average Bonchev–Trinajstić information content (AvgIpc) is 2.42. The predicted octanol–water partition coefficient (Wildman–Crippen LogP) is 2.19. The lowest BCUT2D eigenvalue weighted by Crippen LogP contribution is -2.20. The Labute approximate surface area is 119 Å². The standard InChI is InChI=1S/C15H19N3O2/c1-12(19)17-9-4-2-3-8-15(20)18-14-7-5-6-13(10-14)11-16/h5-7,10H,2-4,8-9H2,1H3,(H,17,19)(H,18,20). The molecule has 106 valence electrons. The predicted molar refractivity (Wildman–Crippen MR) is 76.9 cm³/mol. The molecule has 0 aromatic heterocycles. The second-order valence-corrected chi connectivity index (χ2v) is 4.53. The van der Waals surface area contributed by atoms with Gasteiger partial charge in [-0.15, -0.1) is 0 Å². The highest BCUT2D eigenvalue weighted by atomic mass is 16.2. The minimum absolute atomic E-state index is 0.0277. The third kappa shape index (κ3) is 6.55. The van der Waals surface area contributed by atoms with E-state index in [1.54, 1.807) is 24.3 Å². The summed E-state index contributed by atoms with van der Waals surface area (Å²) in [7, 11) is 0. The molecule has 1 aromatic rings. The summed E-state index contributed by atoms with van der Waals surface area (Å²) in [5.41, 5.74) is 1.17. The molecule has 0 fully saturated rings. The number of hydrogen-bond donors (Lipinski definition) is 2. The summed E-state index contributed by atoms with van der Waals surface area (Å²) in [5.74, 6) is -0.0836. The maximum atomic E-state index is 11.7. The largest absolute Gasteiger partial charge is 0.356 e. The summed E-state index contributed by atoms with van der Waals surface area (Å²) >= 11 is 0. The second-order valence-electron chi connectivity index (χ2n) is 4.53. The maximum Gasteiger partial charge on any atom is 0.224 e. The van der Waals surface area contributed by atoms with E-state index in [9.17, 15) is 9.59 Å². The Hall–Kier alpha value is -2.35. The van der Waals surface area contributed by atoms with Crippen molar-refractivity contribution in [3.63, 3.8) is 0 Å². The lowest BCUT2D eigenvalue weighted by atomic mass is 10.1. The summed E-state index contributed by atoms with van der Waals surface area (Å²) in [6, 6.07) is 8.87. The van der Waals surface area contributed by atoms with Crippen molar-refractivity contribution in [2.45, 2.75) is 32.6 Å². The molecule has 0 aliphatic carbocycles. The van der Waals surface area contributed by atoms with Gasteiger partial charge in [0, 0.05) is 25.6 Å². The van der Waals surface area contributed by atoms with Crippen molar-refractivity contribution in [1.82, 2.24) is 5.32 Å². The molecule has 5 heteroatoms. The fourth-order valence-corrected chi connectivity index (χ4v) is 1.74. The van der Waals surface area contributed by atoms with E-state index in [1.807, 2.05) is 6.07 Å². The molecule has 1 rings (SSSR count). The van der Waals surface area contributed by atoms with Crippen LogP contribution in [-0.4, -0.2) is 18.4 Å². The summed E-state index contributed by atoms with van der Waals surface area (Å²) in [5, 5.41) is 14.2. The van der Waals surface area contributed by atoms with Crippen LogP contribution in [-0.2, 0) is 9.59 Å². The number of nitrogens with zero attached hydrogens (tertiary/aromatic N) is 1. The Morgan fingerprint density at radius 3 is 2.75 bits per heavy atom. The van der Waals surface area contributed by atoms with Crippen molar-refractivity contribution in [2.75, 3.05) is 11.9 Å². The van der Waals surface area contributed by atoms with Gasteiger partial charge in [-0.05, 0) is 31.0 Å². The van der Waals surface area contributed by atoms with Gasteiger partial charge in [0.2, 0.25) is 11.8 Å². The van der Waals surface area contributed by atoms with E-state index in [2.05, 4.69) is 10.6 Å². The van der Waals surface area contributed by atoms with E-state index in [0.29, 0.717) is 24.2 Å². The SMILES string of the molecule is CC(=O)NCCCCCC(=O)Nc1cccc(C#N)c1. The van der Waals surface area contributed by atoms with E-state index in [1.165, 1.54) is 6.92 Å². The molecule has 0 bridgehead atoms. The van der Waals surface area contributed by atoms with Crippen molar-refractivity contribution in [2.24, 2.45) is 0 Å². The summed E-state index contributed by atoms with van der Waals surface area (Å²) in [4.78, 5) is 22.3. The van der Waals surface area contributed by atoms with Gasteiger partial charge in [-0.25, -0.2) is 0 Å². The monoisotopic (exact) mass is 273 g/mol. The number of carbonyl (C=O) groups is 2. The molecule has 1 aromatic carbocycles. The molecular weight excluding hydrogens is 254 g/mol. The van der Waals surface area contributed by atoms with E-state index < -0.39 is 0 Å². The molecule has 0 spiro atoms. The molecule has 20 heavy (non-hydrogen) atoms. The average molecular weight is 273 g/mol. The smallest absolute Gasteiger partial charge is 0.224 e. The molecule has 0 unspecified atom stereocenters. The Balaban J connectivity index is 2.20. The number of anilines is 1. The first-order valence-electron chi connectivity index (χ1n) is 6.66. The van der Waals surface area contributed by atoms with E-state index in [4.69, 9.17) is 5.26 Å². The molecule has 0 saturated carbocycles. The van der Waals surface area contributed by atoms with Crippen LogP contribution < -0.4 is 10.6 Å². The van der Waals surface area contributed by atoms with E-state index >= 15 is 0 Å². The van der Waals surface area contributed by atoms with Gasteiger partial charge in [-0.1, -0.05) is 12.5 Å². The number of rotatable bonds is 7. The van der Waals surface area contributed by atoms with Crippen LogP contribution in [0.2, 0.25) is 0 Å². The van der Waals surface area contributed by atoms with Crippen molar-refractivity contribution < 1.29 is 9.59 Å². The molecule has 0 aliphatic rings. The molecular formula is C15H19N3O2. The number of hydrogen-bond acceptors (Lipinski definition) is 3. The minimum atomic E-state index is -0.0559. The minimum Gasteiger partial charge on any atom is -0.356 e. The molecule has 0 heterocycles. The van der Waals surface area contributed by atoms with Gasteiger partial charge in [0.25, 0.3) is 0 Å². The van der Waals surface area contributed by atoms with Crippen molar-refractivity contribution >= 4 is 17.5 Å². The molecule has 0 atom stereocenters. The molecule has 0 saturated heterocycles. The highest BCUT2D eigenvalue weighted by molar-refractivity contribution is 5.90. The fourth-order valence-electron chi connectivity index (χ4n) is 1.74. The van der Waals surface area contributed by atoms with Gasteiger partial charge in [-0.2, -0.15) is 5.26 Å². The number of unbranched alkanes of at least 4 members (excludes halogenated alkanes) is 2. The topological polar surface area (TPSA) is 82.0 Å². The van der Waals surface area contributed by atoms with Gasteiger partial charge in [0.15, 0.2) is 0 Å². The zero-order chi connectivity index (χ0) is 14.8. The van der Waals surface area contributed by atoms with Crippen molar-refractivity contribution in [3.05, 3.63) is 29.8 Å². The third-order valence-corrected chi connectivity index (χ3v) is 2.73. The van der Waals surface area contributed by atoms with Gasteiger partial charge >= 0.3 is 0 Å². The number of benzene rings is 1. The van der Waals surface area contributed by atoms with Crippen LogP contribution in [0, 0.1) is 11.3 Å². The van der Waals surface area contributed by atoms with Crippen LogP contribution in [0.4, 0.5) is 5.69 Å². The highest BCUT2D eigenvalue weighted by Gasteiger charge is 2.03. The summed E-state index contributed by atoms with van der Waals surface area (Å²) in [6.45, 7) is 2.14. The number of nitriles is 1.